The second-order valence-corrected chi connectivity index (χ2v) is 7.23. The molecule has 4 rings (SSSR count). The lowest BCUT2D eigenvalue weighted by molar-refractivity contribution is -0.0535. The molecule has 3 fully saturated rings. The number of hydrogen-bond donors (Lipinski definition) is 0. The fourth-order valence-corrected chi connectivity index (χ4v) is 4.46. The predicted octanol–water partition coefficient (Wildman–Crippen LogP) is 5.15. The highest BCUT2D eigenvalue weighted by molar-refractivity contribution is 5.26. The quantitative estimate of drug-likeness (QED) is 0.648. The molecule has 3 aliphatic carbocycles. The fourth-order valence-electron chi connectivity index (χ4n) is 4.46. The minimum atomic E-state index is 0.284. The van der Waals surface area contributed by atoms with Crippen LogP contribution in [0.25, 0.3) is 0 Å². The third-order valence-electron chi connectivity index (χ3n) is 5.85. The van der Waals surface area contributed by atoms with Crippen molar-refractivity contribution in [2.45, 2.75) is 38.7 Å². The third kappa shape index (κ3) is 3.37. The van der Waals surface area contributed by atoms with Crippen molar-refractivity contribution in [1.29, 1.82) is 0 Å². The van der Waals surface area contributed by atoms with Crippen LogP contribution in [0.5, 0.6) is 5.75 Å². The normalized spacial score (nSPS) is 29.5. The van der Waals surface area contributed by atoms with Gasteiger partial charge in [0.05, 0.1) is 20.3 Å². The van der Waals surface area contributed by atoms with Gasteiger partial charge >= 0.3 is 0 Å². The molecule has 2 nitrogen and oxygen atoms in total. The first kappa shape index (κ1) is 16.3. The van der Waals surface area contributed by atoms with Gasteiger partial charge in [-0.3, -0.25) is 0 Å². The first-order valence-electron chi connectivity index (χ1n) is 8.66. The lowest BCUT2D eigenvalue weighted by atomic mass is 9.53. The van der Waals surface area contributed by atoms with Crippen molar-refractivity contribution in [3.63, 3.8) is 0 Å². The van der Waals surface area contributed by atoms with Gasteiger partial charge in [0, 0.05) is 5.41 Å². The maximum atomic E-state index is 6.16. The van der Waals surface area contributed by atoms with E-state index in [0.717, 1.165) is 31.1 Å². The molecule has 3 atom stereocenters. The summed E-state index contributed by atoms with van der Waals surface area (Å²) in [6, 6.07) is 8.14. The van der Waals surface area contributed by atoms with E-state index in [1.165, 1.54) is 30.4 Å². The molecule has 2 bridgehead atoms. The zero-order chi connectivity index (χ0) is 16.3. The second-order valence-electron chi connectivity index (χ2n) is 7.23. The van der Waals surface area contributed by atoms with Crippen LogP contribution in [-0.2, 0) is 11.3 Å². The molecule has 0 radical (unpaired) electrons. The van der Waals surface area contributed by atoms with E-state index in [-0.39, 0.29) is 5.41 Å². The first-order valence-corrected chi connectivity index (χ1v) is 8.66. The standard InChI is InChI=1S/C21H28O2/c1-4-5-19-12-18-10-11-21(19,13-16(18)2)15-23-14-17-6-8-20(22-3)9-7-17/h4,6-9,18-19H,1-2,5,10-15H2,3H3/t18-,19+,21?/m0/s1. The molecule has 0 spiro atoms. The van der Waals surface area contributed by atoms with Crippen molar-refractivity contribution in [3.8, 4) is 5.75 Å². The van der Waals surface area contributed by atoms with Crippen LogP contribution in [0.3, 0.4) is 0 Å². The lowest BCUT2D eigenvalue weighted by Gasteiger charge is -2.53. The fraction of sp³-hybridized carbons (Fsp3) is 0.524. The van der Waals surface area contributed by atoms with Crippen LogP contribution in [0.1, 0.15) is 37.7 Å². The molecule has 2 heteroatoms. The molecule has 3 saturated carbocycles. The summed E-state index contributed by atoms with van der Waals surface area (Å²) in [6.07, 6.45) is 8.17. The summed E-state index contributed by atoms with van der Waals surface area (Å²) in [5.74, 6) is 2.34. The van der Waals surface area contributed by atoms with Crippen LogP contribution in [0.15, 0.2) is 49.1 Å². The summed E-state index contributed by atoms with van der Waals surface area (Å²) in [4.78, 5) is 0. The molecule has 124 valence electrons. The van der Waals surface area contributed by atoms with Crippen LogP contribution in [-0.4, -0.2) is 13.7 Å². The summed E-state index contributed by atoms with van der Waals surface area (Å²) in [5, 5.41) is 0. The van der Waals surface area contributed by atoms with Gasteiger partial charge < -0.3 is 9.47 Å². The van der Waals surface area contributed by atoms with Crippen LogP contribution >= 0.6 is 0 Å². The van der Waals surface area contributed by atoms with E-state index in [4.69, 9.17) is 9.47 Å². The molecule has 0 amide bonds. The van der Waals surface area contributed by atoms with Gasteiger partial charge in [-0.1, -0.05) is 30.4 Å². The number of ether oxygens (including phenoxy) is 2. The van der Waals surface area contributed by atoms with Crippen molar-refractivity contribution < 1.29 is 9.47 Å². The Morgan fingerprint density at radius 2 is 2.09 bits per heavy atom. The van der Waals surface area contributed by atoms with Gasteiger partial charge in [-0.25, -0.2) is 0 Å². The molecule has 0 aliphatic heterocycles. The Labute approximate surface area is 140 Å². The van der Waals surface area contributed by atoms with E-state index in [9.17, 15) is 0 Å². The van der Waals surface area contributed by atoms with Gasteiger partial charge in [0.25, 0.3) is 0 Å². The Morgan fingerprint density at radius 1 is 1.30 bits per heavy atom. The summed E-state index contributed by atoms with van der Waals surface area (Å²) < 4.78 is 11.4. The van der Waals surface area contributed by atoms with Crippen LogP contribution in [0.2, 0.25) is 0 Å². The summed E-state index contributed by atoms with van der Waals surface area (Å²) in [5.41, 5.74) is 2.93. The zero-order valence-corrected chi connectivity index (χ0v) is 14.2. The number of benzene rings is 1. The topological polar surface area (TPSA) is 18.5 Å². The number of hydrogen-bond acceptors (Lipinski definition) is 2. The smallest absolute Gasteiger partial charge is 0.118 e. The SMILES string of the molecule is C=CC[C@@H]1C[C@@H]2CCC1(COCc1ccc(OC)cc1)CC2=C. The molecule has 0 saturated heterocycles. The molecule has 1 aromatic carbocycles. The Morgan fingerprint density at radius 3 is 2.74 bits per heavy atom. The third-order valence-corrected chi connectivity index (χ3v) is 5.85. The van der Waals surface area contributed by atoms with Crippen molar-refractivity contribution in [1.82, 2.24) is 0 Å². The zero-order valence-electron chi connectivity index (χ0n) is 14.2. The van der Waals surface area contributed by atoms with Gasteiger partial charge in [0.15, 0.2) is 0 Å². The van der Waals surface area contributed by atoms with Crippen molar-refractivity contribution in [2.75, 3.05) is 13.7 Å². The minimum Gasteiger partial charge on any atom is -0.497 e. The first-order chi connectivity index (χ1) is 11.2. The Balaban J connectivity index is 1.61. The average Bonchev–Trinajstić information content (AvgIpc) is 2.57. The van der Waals surface area contributed by atoms with Crippen molar-refractivity contribution >= 4 is 0 Å². The molecule has 0 N–H and O–H groups in total. The maximum absolute atomic E-state index is 6.16. The maximum Gasteiger partial charge on any atom is 0.118 e. The van der Waals surface area contributed by atoms with Gasteiger partial charge in [0.1, 0.15) is 5.75 Å². The molecular weight excluding hydrogens is 284 g/mol. The average molecular weight is 312 g/mol. The van der Waals surface area contributed by atoms with E-state index in [1.807, 2.05) is 12.1 Å². The van der Waals surface area contributed by atoms with Gasteiger partial charge in [-0.15, -0.1) is 6.58 Å². The van der Waals surface area contributed by atoms with E-state index in [2.05, 4.69) is 31.4 Å². The Hall–Kier alpha value is -1.54. The molecule has 23 heavy (non-hydrogen) atoms. The van der Waals surface area contributed by atoms with E-state index in [0.29, 0.717) is 12.5 Å². The van der Waals surface area contributed by atoms with Gasteiger partial charge in [-0.05, 0) is 61.6 Å². The van der Waals surface area contributed by atoms with Crippen molar-refractivity contribution in [3.05, 3.63) is 54.6 Å². The van der Waals surface area contributed by atoms with E-state index < -0.39 is 0 Å². The molecule has 3 aliphatic rings. The van der Waals surface area contributed by atoms with E-state index >= 15 is 0 Å². The molecule has 1 aromatic rings. The van der Waals surface area contributed by atoms with Gasteiger partial charge in [-0.2, -0.15) is 0 Å². The Bertz CT molecular complexity index is 560. The monoisotopic (exact) mass is 312 g/mol. The highest BCUT2D eigenvalue weighted by Crippen LogP contribution is 2.57. The number of rotatable bonds is 7. The number of fused-ring (bicyclic) bond motifs is 3. The summed E-state index contributed by atoms with van der Waals surface area (Å²) in [6.45, 7) is 9.79. The van der Waals surface area contributed by atoms with Crippen molar-refractivity contribution in [2.24, 2.45) is 17.3 Å². The lowest BCUT2D eigenvalue weighted by Crippen LogP contribution is -2.46. The number of allylic oxidation sites excluding steroid dienone is 2. The summed E-state index contributed by atoms with van der Waals surface area (Å²) in [7, 11) is 1.69. The highest BCUT2D eigenvalue weighted by Gasteiger charge is 2.48. The predicted molar refractivity (Wildman–Crippen MR) is 94.5 cm³/mol. The van der Waals surface area contributed by atoms with E-state index in [1.54, 1.807) is 7.11 Å². The molecular formula is C21H28O2. The van der Waals surface area contributed by atoms with Crippen LogP contribution in [0, 0.1) is 17.3 Å². The molecule has 0 heterocycles. The number of methoxy groups -OCH3 is 1. The van der Waals surface area contributed by atoms with Gasteiger partial charge in [0.2, 0.25) is 0 Å². The van der Waals surface area contributed by atoms with Crippen LogP contribution in [0.4, 0.5) is 0 Å². The Kier molecular flexibility index (Phi) is 4.91. The van der Waals surface area contributed by atoms with Crippen LogP contribution < -0.4 is 4.74 Å². The summed E-state index contributed by atoms with van der Waals surface area (Å²) >= 11 is 0. The highest BCUT2D eigenvalue weighted by atomic mass is 16.5. The molecule has 1 unspecified atom stereocenters. The second kappa shape index (κ2) is 6.92. The minimum absolute atomic E-state index is 0.284. The molecule has 0 aromatic heterocycles. The largest absolute Gasteiger partial charge is 0.497 e.